The summed E-state index contributed by atoms with van der Waals surface area (Å²) in [6.45, 7) is 3.99. The van der Waals surface area contributed by atoms with Gasteiger partial charge in [0.05, 0.1) is 11.5 Å². The lowest BCUT2D eigenvalue weighted by atomic mass is 10.2. The Bertz CT molecular complexity index is 421. The SMILES string of the molecule is C=C(COC)Nc1cc(Br)ccc1[N+](=O)[O-]. The molecule has 0 aromatic heterocycles. The zero-order valence-corrected chi connectivity index (χ0v) is 10.3. The van der Waals surface area contributed by atoms with Gasteiger partial charge in [-0.15, -0.1) is 0 Å². The standard InChI is InChI=1S/C10H11BrN2O3/c1-7(6-16-2)12-9-5-8(11)3-4-10(9)13(14)15/h3-5,12H,1,6H2,2H3. The van der Waals surface area contributed by atoms with Gasteiger partial charge < -0.3 is 10.1 Å². The van der Waals surface area contributed by atoms with Crippen LogP contribution in [-0.4, -0.2) is 18.6 Å². The van der Waals surface area contributed by atoms with Crippen molar-refractivity contribution in [3.8, 4) is 0 Å². The van der Waals surface area contributed by atoms with Crippen LogP contribution < -0.4 is 5.32 Å². The van der Waals surface area contributed by atoms with Gasteiger partial charge in [0, 0.05) is 23.3 Å². The molecule has 0 saturated heterocycles. The highest BCUT2D eigenvalue weighted by Crippen LogP contribution is 2.28. The van der Waals surface area contributed by atoms with Crippen LogP contribution in [0.5, 0.6) is 0 Å². The molecule has 6 heteroatoms. The number of benzene rings is 1. The minimum Gasteiger partial charge on any atom is -0.379 e. The molecule has 0 spiro atoms. The molecule has 0 saturated carbocycles. The van der Waals surface area contributed by atoms with E-state index in [0.29, 0.717) is 18.0 Å². The van der Waals surface area contributed by atoms with E-state index in [2.05, 4.69) is 27.8 Å². The molecule has 16 heavy (non-hydrogen) atoms. The number of anilines is 1. The second-order valence-corrected chi connectivity index (χ2v) is 4.00. The highest BCUT2D eigenvalue weighted by atomic mass is 79.9. The van der Waals surface area contributed by atoms with E-state index in [1.807, 2.05) is 0 Å². The zero-order chi connectivity index (χ0) is 12.1. The topological polar surface area (TPSA) is 64.4 Å². The van der Waals surface area contributed by atoms with Crippen LogP contribution in [0.15, 0.2) is 34.9 Å². The lowest BCUT2D eigenvalue weighted by Gasteiger charge is -2.09. The van der Waals surface area contributed by atoms with Crippen molar-refractivity contribution in [2.45, 2.75) is 0 Å². The van der Waals surface area contributed by atoms with E-state index >= 15 is 0 Å². The molecule has 1 aromatic carbocycles. The van der Waals surface area contributed by atoms with Crippen molar-refractivity contribution < 1.29 is 9.66 Å². The van der Waals surface area contributed by atoms with Gasteiger partial charge in [0.25, 0.3) is 5.69 Å². The third kappa shape index (κ3) is 3.32. The van der Waals surface area contributed by atoms with Crippen LogP contribution in [0.25, 0.3) is 0 Å². The van der Waals surface area contributed by atoms with E-state index in [9.17, 15) is 10.1 Å². The van der Waals surface area contributed by atoms with Crippen molar-refractivity contribution in [2.75, 3.05) is 19.0 Å². The van der Waals surface area contributed by atoms with Crippen LogP contribution in [0.2, 0.25) is 0 Å². The first kappa shape index (κ1) is 12.7. The fraction of sp³-hybridized carbons (Fsp3) is 0.200. The Morgan fingerprint density at radius 2 is 2.38 bits per heavy atom. The third-order valence-electron chi connectivity index (χ3n) is 1.79. The quantitative estimate of drug-likeness (QED) is 0.668. The van der Waals surface area contributed by atoms with E-state index in [4.69, 9.17) is 4.74 Å². The van der Waals surface area contributed by atoms with Gasteiger partial charge in [0.1, 0.15) is 5.69 Å². The summed E-state index contributed by atoms with van der Waals surface area (Å²) < 4.78 is 5.62. The smallest absolute Gasteiger partial charge is 0.292 e. The third-order valence-corrected chi connectivity index (χ3v) is 2.28. The van der Waals surface area contributed by atoms with Gasteiger partial charge >= 0.3 is 0 Å². The summed E-state index contributed by atoms with van der Waals surface area (Å²) in [5.74, 6) is 0. The van der Waals surface area contributed by atoms with Crippen molar-refractivity contribution in [3.63, 3.8) is 0 Å². The lowest BCUT2D eigenvalue weighted by Crippen LogP contribution is -2.06. The predicted octanol–water partition coefficient (Wildman–Crippen LogP) is 2.93. The van der Waals surface area contributed by atoms with Gasteiger partial charge in [0.2, 0.25) is 0 Å². The highest BCUT2D eigenvalue weighted by Gasteiger charge is 2.13. The Kier molecular flexibility index (Phi) is 4.45. The van der Waals surface area contributed by atoms with Gasteiger partial charge in [-0.1, -0.05) is 22.5 Å². The van der Waals surface area contributed by atoms with E-state index in [0.717, 1.165) is 4.47 Å². The Hall–Kier alpha value is -1.40. The summed E-state index contributed by atoms with van der Waals surface area (Å²) >= 11 is 3.25. The predicted molar refractivity (Wildman–Crippen MR) is 65.4 cm³/mol. The first-order valence-electron chi connectivity index (χ1n) is 4.42. The van der Waals surface area contributed by atoms with Gasteiger partial charge in [0.15, 0.2) is 0 Å². The molecule has 1 N–H and O–H groups in total. The van der Waals surface area contributed by atoms with Crippen molar-refractivity contribution in [1.29, 1.82) is 0 Å². The summed E-state index contributed by atoms with van der Waals surface area (Å²) in [6.07, 6.45) is 0. The molecule has 0 bridgehead atoms. The summed E-state index contributed by atoms with van der Waals surface area (Å²) in [7, 11) is 1.53. The molecule has 5 nitrogen and oxygen atoms in total. The monoisotopic (exact) mass is 286 g/mol. The van der Waals surface area contributed by atoms with Crippen LogP contribution >= 0.6 is 15.9 Å². The Morgan fingerprint density at radius 1 is 1.69 bits per heavy atom. The number of rotatable bonds is 5. The van der Waals surface area contributed by atoms with Crippen molar-refractivity contribution in [3.05, 3.63) is 45.1 Å². The van der Waals surface area contributed by atoms with Crippen LogP contribution in [0, 0.1) is 10.1 Å². The average Bonchev–Trinajstić information content (AvgIpc) is 2.17. The molecule has 0 atom stereocenters. The fourth-order valence-electron chi connectivity index (χ4n) is 1.17. The number of nitrogens with one attached hydrogen (secondary N) is 1. The van der Waals surface area contributed by atoms with Crippen molar-refractivity contribution in [1.82, 2.24) is 0 Å². The van der Waals surface area contributed by atoms with Crippen LogP contribution in [-0.2, 0) is 4.74 Å². The second kappa shape index (κ2) is 5.62. The number of methoxy groups -OCH3 is 1. The first-order valence-corrected chi connectivity index (χ1v) is 5.21. The maximum absolute atomic E-state index is 10.8. The van der Waals surface area contributed by atoms with Gasteiger partial charge in [-0.2, -0.15) is 0 Å². The van der Waals surface area contributed by atoms with Crippen LogP contribution in [0.1, 0.15) is 0 Å². The molecule has 0 unspecified atom stereocenters. The molecule has 0 amide bonds. The molecule has 0 heterocycles. The fourth-order valence-corrected chi connectivity index (χ4v) is 1.53. The summed E-state index contributed by atoms with van der Waals surface area (Å²) in [4.78, 5) is 10.3. The molecule has 0 fully saturated rings. The second-order valence-electron chi connectivity index (χ2n) is 3.08. The molecule has 0 aliphatic rings. The van der Waals surface area contributed by atoms with E-state index < -0.39 is 4.92 Å². The van der Waals surface area contributed by atoms with Crippen molar-refractivity contribution in [2.24, 2.45) is 0 Å². The maximum Gasteiger partial charge on any atom is 0.292 e. The largest absolute Gasteiger partial charge is 0.379 e. The maximum atomic E-state index is 10.8. The zero-order valence-electron chi connectivity index (χ0n) is 8.70. The van der Waals surface area contributed by atoms with Crippen LogP contribution in [0.4, 0.5) is 11.4 Å². The normalized spacial score (nSPS) is 9.88. The highest BCUT2D eigenvalue weighted by molar-refractivity contribution is 9.10. The minimum atomic E-state index is -0.450. The summed E-state index contributed by atoms with van der Waals surface area (Å²) in [6, 6.07) is 4.66. The minimum absolute atomic E-state index is 0.000420. The lowest BCUT2D eigenvalue weighted by molar-refractivity contribution is -0.383. The number of nitro groups is 1. The Labute approximate surface area is 101 Å². The molecule has 0 radical (unpaired) electrons. The number of nitro benzene ring substituents is 1. The summed E-state index contributed by atoms with van der Waals surface area (Å²) in [5.41, 5.74) is 0.950. The molecular weight excluding hydrogens is 276 g/mol. The van der Waals surface area contributed by atoms with E-state index in [-0.39, 0.29) is 5.69 Å². The van der Waals surface area contributed by atoms with Gasteiger partial charge in [-0.25, -0.2) is 0 Å². The van der Waals surface area contributed by atoms with E-state index in [1.54, 1.807) is 12.1 Å². The Morgan fingerprint density at radius 3 is 2.94 bits per heavy atom. The molecule has 1 rings (SSSR count). The van der Waals surface area contributed by atoms with Gasteiger partial charge in [-0.05, 0) is 12.1 Å². The number of ether oxygens (including phenoxy) is 1. The molecule has 1 aromatic rings. The number of hydrogen-bond acceptors (Lipinski definition) is 4. The van der Waals surface area contributed by atoms with E-state index in [1.165, 1.54) is 13.2 Å². The summed E-state index contributed by atoms with van der Waals surface area (Å²) in [5, 5.41) is 13.6. The first-order chi connectivity index (χ1) is 7.54. The molecule has 0 aliphatic heterocycles. The number of nitrogens with zero attached hydrogens (tertiary/aromatic N) is 1. The van der Waals surface area contributed by atoms with Crippen LogP contribution in [0.3, 0.4) is 0 Å². The number of halogens is 1. The van der Waals surface area contributed by atoms with Gasteiger partial charge in [-0.3, -0.25) is 10.1 Å². The Balaban J connectivity index is 2.96. The van der Waals surface area contributed by atoms with Crippen molar-refractivity contribution >= 4 is 27.3 Å². The number of hydrogen-bond donors (Lipinski definition) is 1. The average molecular weight is 287 g/mol. The molecule has 0 aliphatic carbocycles. The molecular formula is C10H11BrN2O3. The molecule has 86 valence electrons.